The van der Waals surface area contributed by atoms with Crippen LogP contribution in [-0.2, 0) is 11.2 Å². The number of hydrogen-bond donors (Lipinski definition) is 2. The lowest BCUT2D eigenvalue weighted by atomic mass is 10.1. The number of rotatable bonds is 6. The van der Waals surface area contributed by atoms with Crippen LogP contribution in [0.15, 0.2) is 48.5 Å². The van der Waals surface area contributed by atoms with E-state index in [0.717, 1.165) is 12.0 Å². The quantitative estimate of drug-likeness (QED) is 0.624. The van der Waals surface area contributed by atoms with Crippen molar-refractivity contribution in [2.45, 2.75) is 20.3 Å². The van der Waals surface area contributed by atoms with Gasteiger partial charge in [0, 0.05) is 11.1 Å². The van der Waals surface area contributed by atoms with E-state index < -0.39 is 11.8 Å². The van der Waals surface area contributed by atoms with Gasteiger partial charge in [-0.1, -0.05) is 31.2 Å². The first kappa shape index (κ1) is 18.2. The molecule has 0 aliphatic rings. The number of benzene rings is 2. The number of nitrogens with one attached hydrogen (secondary N) is 2. The Morgan fingerprint density at radius 3 is 2.32 bits per heavy atom. The van der Waals surface area contributed by atoms with E-state index in [1.165, 1.54) is 6.92 Å². The molecule has 0 spiro atoms. The van der Waals surface area contributed by atoms with E-state index in [4.69, 9.17) is 4.74 Å². The lowest BCUT2D eigenvalue weighted by Gasteiger charge is -2.09. The summed E-state index contributed by atoms with van der Waals surface area (Å²) in [4.78, 5) is 35.0. The number of amides is 2. The number of carbonyl (C=O) groups excluding carboxylic acids is 3. The molecule has 2 aromatic rings. The molecule has 0 unspecified atom stereocenters. The lowest BCUT2D eigenvalue weighted by molar-refractivity contribution is -0.123. The summed E-state index contributed by atoms with van der Waals surface area (Å²) in [7, 11) is 0. The van der Waals surface area contributed by atoms with Crippen molar-refractivity contribution in [2.75, 3.05) is 6.61 Å². The van der Waals surface area contributed by atoms with E-state index in [9.17, 15) is 14.4 Å². The largest absolute Gasteiger partial charge is 0.484 e. The maximum absolute atomic E-state index is 11.9. The molecule has 0 saturated carbocycles. The van der Waals surface area contributed by atoms with Gasteiger partial charge in [0.05, 0.1) is 0 Å². The van der Waals surface area contributed by atoms with Crippen LogP contribution in [0, 0.1) is 0 Å². The second kappa shape index (κ2) is 8.63. The van der Waals surface area contributed by atoms with Gasteiger partial charge in [0.15, 0.2) is 12.4 Å². The van der Waals surface area contributed by atoms with Crippen LogP contribution in [0.4, 0.5) is 0 Å². The fourth-order valence-corrected chi connectivity index (χ4v) is 2.08. The molecule has 2 aromatic carbocycles. The minimum absolute atomic E-state index is 0.0868. The van der Waals surface area contributed by atoms with Crippen molar-refractivity contribution in [1.82, 2.24) is 10.9 Å². The van der Waals surface area contributed by atoms with E-state index in [1.807, 2.05) is 19.1 Å². The monoisotopic (exact) mass is 340 g/mol. The maximum atomic E-state index is 11.9. The molecule has 25 heavy (non-hydrogen) atoms. The Bertz CT molecular complexity index is 769. The highest BCUT2D eigenvalue weighted by molar-refractivity contribution is 5.95. The molecule has 130 valence electrons. The number of carbonyl (C=O) groups is 3. The van der Waals surface area contributed by atoms with E-state index in [1.54, 1.807) is 36.4 Å². The van der Waals surface area contributed by atoms with Crippen molar-refractivity contribution in [1.29, 1.82) is 0 Å². The van der Waals surface area contributed by atoms with Gasteiger partial charge in [-0.15, -0.1) is 0 Å². The third-order valence-corrected chi connectivity index (χ3v) is 3.55. The predicted octanol–water partition coefficient (Wildman–Crippen LogP) is 2.29. The van der Waals surface area contributed by atoms with Gasteiger partial charge in [0.1, 0.15) is 5.75 Å². The molecule has 6 heteroatoms. The van der Waals surface area contributed by atoms with Gasteiger partial charge in [-0.2, -0.15) is 0 Å². The van der Waals surface area contributed by atoms with Crippen molar-refractivity contribution in [3.8, 4) is 5.75 Å². The molecule has 2 N–H and O–H groups in total. The molecule has 0 aliphatic carbocycles. The molecule has 6 nitrogen and oxygen atoms in total. The van der Waals surface area contributed by atoms with Crippen molar-refractivity contribution >= 4 is 17.6 Å². The molecule has 2 rings (SSSR count). The summed E-state index contributed by atoms with van der Waals surface area (Å²) < 4.78 is 5.31. The summed E-state index contributed by atoms with van der Waals surface area (Å²) in [5, 5.41) is 0. The summed E-state index contributed by atoms with van der Waals surface area (Å²) in [5.41, 5.74) is 6.70. The fraction of sp³-hybridized carbons (Fsp3) is 0.211. The zero-order chi connectivity index (χ0) is 18.2. The summed E-state index contributed by atoms with van der Waals surface area (Å²) in [5.74, 6) is -0.595. The van der Waals surface area contributed by atoms with Crippen molar-refractivity contribution in [2.24, 2.45) is 0 Å². The van der Waals surface area contributed by atoms with Crippen LogP contribution >= 0.6 is 0 Å². The van der Waals surface area contributed by atoms with E-state index in [-0.39, 0.29) is 12.4 Å². The molecule has 2 amide bonds. The van der Waals surface area contributed by atoms with E-state index in [0.29, 0.717) is 16.9 Å². The van der Waals surface area contributed by atoms with Gasteiger partial charge in [0.2, 0.25) is 0 Å². The normalized spacial score (nSPS) is 10.0. The van der Waals surface area contributed by atoms with Crippen LogP contribution in [0.2, 0.25) is 0 Å². The third-order valence-electron chi connectivity index (χ3n) is 3.55. The molecule has 0 heterocycles. The van der Waals surface area contributed by atoms with Gasteiger partial charge in [-0.3, -0.25) is 25.2 Å². The first-order valence-corrected chi connectivity index (χ1v) is 7.91. The van der Waals surface area contributed by atoms with Gasteiger partial charge < -0.3 is 4.74 Å². The van der Waals surface area contributed by atoms with Crippen LogP contribution in [0.5, 0.6) is 5.75 Å². The van der Waals surface area contributed by atoms with Gasteiger partial charge in [0.25, 0.3) is 11.8 Å². The number of ketones is 1. The summed E-state index contributed by atoms with van der Waals surface area (Å²) in [6.45, 7) is 3.20. The minimum atomic E-state index is -0.508. The number of hydrogen-bond acceptors (Lipinski definition) is 4. The number of Topliss-reactive ketones (excluding diaryl/α,β-unsaturated/α-hetero) is 1. The first-order valence-electron chi connectivity index (χ1n) is 7.91. The Hall–Kier alpha value is -3.15. The van der Waals surface area contributed by atoms with Crippen LogP contribution < -0.4 is 15.6 Å². The number of aryl methyl sites for hydroxylation is 1. The lowest BCUT2D eigenvalue weighted by Crippen LogP contribution is -2.43. The molecule has 0 bridgehead atoms. The molecular formula is C19H20N2O4. The highest BCUT2D eigenvalue weighted by Crippen LogP contribution is 2.13. The first-order chi connectivity index (χ1) is 12.0. The van der Waals surface area contributed by atoms with Crippen molar-refractivity contribution < 1.29 is 19.1 Å². The molecule has 0 fully saturated rings. The standard InChI is InChI=1S/C19H20N2O4/c1-3-14-7-9-15(10-8-14)19(24)21-20-18(23)12-25-17-6-4-5-16(11-17)13(2)22/h4-11H,3,12H2,1-2H3,(H,20,23)(H,21,24). The van der Waals surface area contributed by atoms with Crippen LogP contribution in [-0.4, -0.2) is 24.2 Å². The molecule has 0 radical (unpaired) electrons. The smallest absolute Gasteiger partial charge is 0.276 e. The van der Waals surface area contributed by atoms with Crippen LogP contribution in [0.1, 0.15) is 40.1 Å². The fourth-order valence-electron chi connectivity index (χ4n) is 2.08. The third kappa shape index (κ3) is 5.46. The molecule has 0 atom stereocenters. The average molecular weight is 340 g/mol. The van der Waals surface area contributed by atoms with E-state index >= 15 is 0 Å². The molecule has 0 saturated heterocycles. The highest BCUT2D eigenvalue weighted by Gasteiger charge is 2.08. The molecule has 0 aliphatic heterocycles. The van der Waals surface area contributed by atoms with Crippen molar-refractivity contribution in [3.05, 3.63) is 65.2 Å². The highest BCUT2D eigenvalue weighted by atomic mass is 16.5. The van der Waals surface area contributed by atoms with Gasteiger partial charge in [-0.25, -0.2) is 0 Å². The average Bonchev–Trinajstić information content (AvgIpc) is 2.64. The van der Waals surface area contributed by atoms with Crippen LogP contribution in [0.3, 0.4) is 0 Å². The van der Waals surface area contributed by atoms with Gasteiger partial charge in [-0.05, 0) is 43.2 Å². The number of hydrazine groups is 1. The Kier molecular flexibility index (Phi) is 6.28. The van der Waals surface area contributed by atoms with Gasteiger partial charge >= 0.3 is 0 Å². The zero-order valence-electron chi connectivity index (χ0n) is 14.2. The molecular weight excluding hydrogens is 320 g/mol. The SMILES string of the molecule is CCc1ccc(C(=O)NNC(=O)COc2cccc(C(C)=O)c2)cc1. The minimum Gasteiger partial charge on any atom is -0.484 e. The Morgan fingerprint density at radius 2 is 1.68 bits per heavy atom. The van der Waals surface area contributed by atoms with E-state index in [2.05, 4.69) is 10.9 Å². The summed E-state index contributed by atoms with van der Waals surface area (Å²) in [6.07, 6.45) is 0.890. The Labute approximate surface area is 146 Å². The number of ether oxygens (including phenoxy) is 1. The zero-order valence-corrected chi connectivity index (χ0v) is 14.2. The summed E-state index contributed by atoms with van der Waals surface area (Å²) >= 11 is 0. The second-order valence-electron chi connectivity index (χ2n) is 5.43. The van der Waals surface area contributed by atoms with Crippen LogP contribution in [0.25, 0.3) is 0 Å². The predicted molar refractivity (Wildman–Crippen MR) is 93.4 cm³/mol. The second-order valence-corrected chi connectivity index (χ2v) is 5.43. The molecule has 0 aromatic heterocycles. The topological polar surface area (TPSA) is 84.5 Å². The Morgan fingerprint density at radius 1 is 0.960 bits per heavy atom. The van der Waals surface area contributed by atoms with Crippen molar-refractivity contribution in [3.63, 3.8) is 0 Å². The summed E-state index contributed by atoms with van der Waals surface area (Å²) in [6, 6.07) is 13.7. The maximum Gasteiger partial charge on any atom is 0.276 e. The Balaban J connectivity index is 1.81.